The largest absolute Gasteiger partial charge is 0.449 e. The third kappa shape index (κ3) is 5.77. The van der Waals surface area contributed by atoms with E-state index < -0.39 is 14.4 Å². The second-order valence-electron chi connectivity index (χ2n) is 10.3. The second kappa shape index (κ2) is 9.74. The van der Waals surface area contributed by atoms with E-state index in [4.69, 9.17) is 9.16 Å². The second-order valence-corrected chi connectivity index (χ2v) is 15.0. The van der Waals surface area contributed by atoms with Gasteiger partial charge < -0.3 is 19.4 Å². The van der Waals surface area contributed by atoms with Gasteiger partial charge >= 0.3 is 6.09 Å². The van der Waals surface area contributed by atoms with Crippen LogP contribution in [0.1, 0.15) is 55.9 Å². The molecule has 0 bridgehead atoms. The first-order chi connectivity index (χ1) is 14.7. The fourth-order valence-electron chi connectivity index (χ4n) is 3.54. The maximum Gasteiger partial charge on any atom is 0.409 e. The molecule has 1 saturated heterocycles. The fraction of sp³-hybridized carbons (Fsp3) is 0.727. The van der Waals surface area contributed by atoms with Crippen molar-refractivity contribution >= 4 is 26.1 Å². The topological polar surface area (TPSA) is 114 Å². The van der Waals surface area contributed by atoms with Gasteiger partial charge in [0.25, 0.3) is 0 Å². The summed E-state index contributed by atoms with van der Waals surface area (Å²) in [7, 11) is 1.18. The van der Waals surface area contributed by atoms with Crippen LogP contribution in [0.4, 0.5) is 4.79 Å². The molecule has 0 saturated carbocycles. The summed E-state index contributed by atoms with van der Waals surface area (Å²) < 4.78 is 11.6. The summed E-state index contributed by atoms with van der Waals surface area (Å²) in [6, 6.07) is -0.286. The number of carbonyl (C=O) groups is 3. The number of hydrogen-bond donors (Lipinski definition) is 2. The number of rotatable bonds is 9. The van der Waals surface area contributed by atoms with E-state index in [-0.39, 0.29) is 47.8 Å². The number of H-pyrrole nitrogens is 1. The first kappa shape index (κ1) is 26.1. The molecule has 2 N–H and O–H groups in total. The Morgan fingerprint density at radius 1 is 1.25 bits per heavy atom. The minimum atomic E-state index is -2.04. The number of aromatic amines is 1. The molecule has 1 fully saturated rings. The van der Waals surface area contributed by atoms with Gasteiger partial charge in [0, 0.05) is 38.2 Å². The van der Waals surface area contributed by atoms with E-state index in [0.29, 0.717) is 12.1 Å². The summed E-state index contributed by atoms with van der Waals surface area (Å²) in [6.07, 6.45) is -0.173. The predicted octanol–water partition coefficient (Wildman–Crippen LogP) is 3.06. The molecule has 1 aliphatic heterocycles. The van der Waals surface area contributed by atoms with Crippen LogP contribution >= 0.6 is 0 Å². The minimum Gasteiger partial charge on any atom is -0.449 e. The average Bonchev–Trinajstić information content (AvgIpc) is 3.00. The molecule has 180 valence electrons. The molecule has 9 nitrogen and oxygen atoms in total. The summed E-state index contributed by atoms with van der Waals surface area (Å²) in [5.41, 5.74) is 1.83. The number of aryl methyl sites for hydroxylation is 1. The molecular weight excluding hydrogens is 428 g/mol. The van der Waals surface area contributed by atoms with Crippen molar-refractivity contribution in [2.24, 2.45) is 5.92 Å². The van der Waals surface area contributed by atoms with Gasteiger partial charge in [-0.1, -0.05) is 20.8 Å². The number of amides is 2. The molecule has 1 aliphatic rings. The number of β-lactam (4-membered cyclic amide) rings is 1. The standard InChI is InChI=1S/C22H38N4O5Si/c1-13-15(10-11-30-21(29)26(6)7)19(25-24-13)17(27)12-16-18(20(28)23-16)14(2)31-32(8,9)22(3,4)5/h14,16,18H,10-12H2,1-9H3,(H,23,28)(H,24,25)/t14-,16?,18?/m1/s1. The van der Waals surface area contributed by atoms with Crippen LogP contribution in [0.2, 0.25) is 18.1 Å². The van der Waals surface area contributed by atoms with Gasteiger partial charge in [-0.2, -0.15) is 5.10 Å². The van der Waals surface area contributed by atoms with Crippen molar-refractivity contribution < 1.29 is 23.5 Å². The van der Waals surface area contributed by atoms with Crippen LogP contribution < -0.4 is 5.32 Å². The number of Topliss-reactive ketones (excluding diaryl/α,β-unsaturated/α-hetero) is 1. The van der Waals surface area contributed by atoms with Crippen LogP contribution in [-0.4, -0.2) is 74.0 Å². The van der Waals surface area contributed by atoms with Gasteiger partial charge in [0.05, 0.1) is 24.7 Å². The van der Waals surface area contributed by atoms with Crippen molar-refractivity contribution in [3.05, 3.63) is 17.0 Å². The molecule has 1 aromatic heterocycles. The Labute approximate surface area is 191 Å². The van der Waals surface area contributed by atoms with Gasteiger partial charge in [0.2, 0.25) is 5.91 Å². The summed E-state index contributed by atoms with van der Waals surface area (Å²) >= 11 is 0. The molecular formula is C22H38N4O5Si. The van der Waals surface area contributed by atoms with Crippen LogP contribution in [-0.2, 0) is 20.4 Å². The molecule has 0 aliphatic carbocycles. The van der Waals surface area contributed by atoms with Crippen molar-refractivity contribution in [1.82, 2.24) is 20.4 Å². The normalized spacial score (nSPS) is 19.7. The Balaban J connectivity index is 2.03. The zero-order chi connectivity index (χ0) is 24.4. The Morgan fingerprint density at radius 3 is 2.41 bits per heavy atom. The molecule has 2 unspecified atom stereocenters. The highest BCUT2D eigenvalue weighted by molar-refractivity contribution is 6.74. The van der Waals surface area contributed by atoms with Crippen LogP contribution in [0, 0.1) is 12.8 Å². The first-order valence-corrected chi connectivity index (χ1v) is 14.0. The monoisotopic (exact) mass is 466 g/mol. The summed E-state index contributed by atoms with van der Waals surface area (Å²) in [5, 5.41) is 9.92. The van der Waals surface area contributed by atoms with Crippen molar-refractivity contribution in [1.29, 1.82) is 0 Å². The van der Waals surface area contributed by atoms with Crippen molar-refractivity contribution in [3.63, 3.8) is 0 Å². The zero-order valence-corrected chi connectivity index (χ0v) is 21.8. The Kier molecular flexibility index (Phi) is 7.93. The Bertz CT molecular complexity index is 859. The van der Waals surface area contributed by atoms with Crippen LogP contribution in [0.5, 0.6) is 0 Å². The molecule has 0 aromatic carbocycles. The number of nitrogens with one attached hydrogen (secondary N) is 2. The quantitative estimate of drug-likeness (QED) is 0.328. The minimum absolute atomic E-state index is 0.0321. The van der Waals surface area contributed by atoms with Gasteiger partial charge in [0.1, 0.15) is 5.69 Å². The molecule has 2 heterocycles. The van der Waals surface area contributed by atoms with E-state index in [1.54, 1.807) is 14.1 Å². The van der Waals surface area contributed by atoms with Crippen LogP contribution in [0.25, 0.3) is 0 Å². The SMILES string of the molecule is Cc1[nH]nc(C(=O)CC2NC(=O)C2[C@@H](C)O[Si](C)(C)C(C)(C)C)c1CCOC(=O)N(C)C. The highest BCUT2D eigenvalue weighted by Gasteiger charge is 2.48. The number of nitrogens with zero attached hydrogens (tertiary/aromatic N) is 2. The van der Waals surface area contributed by atoms with Crippen molar-refractivity contribution in [3.8, 4) is 0 Å². The highest BCUT2D eigenvalue weighted by Crippen LogP contribution is 2.39. The van der Waals surface area contributed by atoms with E-state index in [1.807, 2.05) is 13.8 Å². The molecule has 2 rings (SSSR count). The number of hydrogen-bond acceptors (Lipinski definition) is 6. The van der Waals surface area contributed by atoms with Gasteiger partial charge in [0.15, 0.2) is 14.1 Å². The lowest BCUT2D eigenvalue weighted by Crippen LogP contribution is -2.64. The summed E-state index contributed by atoms with van der Waals surface area (Å²) in [4.78, 5) is 38.3. The van der Waals surface area contributed by atoms with Crippen LogP contribution in [0.3, 0.4) is 0 Å². The number of ketones is 1. The molecule has 0 spiro atoms. The first-order valence-electron chi connectivity index (χ1n) is 11.0. The van der Waals surface area contributed by atoms with E-state index in [1.165, 1.54) is 4.90 Å². The van der Waals surface area contributed by atoms with Gasteiger partial charge in [-0.05, 0) is 32.0 Å². The number of aromatic nitrogens is 2. The predicted molar refractivity (Wildman–Crippen MR) is 124 cm³/mol. The fourth-order valence-corrected chi connectivity index (χ4v) is 4.97. The molecule has 32 heavy (non-hydrogen) atoms. The zero-order valence-electron chi connectivity index (χ0n) is 20.8. The van der Waals surface area contributed by atoms with Crippen molar-refractivity contribution in [2.75, 3.05) is 20.7 Å². The maximum atomic E-state index is 13.0. The molecule has 10 heteroatoms. The molecule has 3 atom stereocenters. The third-order valence-electron chi connectivity index (χ3n) is 6.54. The molecule has 0 radical (unpaired) electrons. The van der Waals surface area contributed by atoms with Gasteiger partial charge in [-0.15, -0.1) is 0 Å². The number of carbonyl (C=O) groups excluding carboxylic acids is 3. The van der Waals surface area contributed by atoms with Gasteiger partial charge in [-0.3, -0.25) is 14.7 Å². The Morgan fingerprint density at radius 2 is 1.88 bits per heavy atom. The lowest BCUT2D eigenvalue weighted by molar-refractivity contribution is -0.139. The molecule has 2 amide bonds. The van der Waals surface area contributed by atoms with Crippen molar-refractivity contribution in [2.45, 2.75) is 77.7 Å². The summed E-state index contributed by atoms with van der Waals surface area (Å²) in [5.74, 6) is -0.599. The smallest absolute Gasteiger partial charge is 0.409 e. The Hall–Kier alpha value is -2.20. The van der Waals surface area contributed by atoms with E-state index >= 15 is 0 Å². The maximum absolute atomic E-state index is 13.0. The summed E-state index contributed by atoms with van der Waals surface area (Å²) in [6.45, 7) is 14.7. The van der Waals surface area contributed by atoms with E-state index in [9.17, 15) is 14.4 Å². The third-order valence-corrected chi connectivity index (χ3v) is 11.1. The number of ether oxygens (including phenoxy) is 1. The van der Waals surface area contributed by atoms with Crippen LogP contribution in [0.15, 0.2) is 0 Å². The lowest BCUT2D eigenvalue weighted by Gasteiger charge is -2.45. The van der Waals surface area contributed by atoms with E-state index in [2.05, 4.69) is 49.4 Å². The molecule has 1 aromatic rings. The average molecular weight is 467 g/mol. The van der Waals surface area contributed by atoms with Gasteiger partial charge in [-0.25, -0.2) is 4.79 Å². The van der Waals surface area contributed by atoms with E-state index in [0.717, 1.165) is 11.3 Å². The lowest BCUT2D eigenvalue weighted by atomic mass is 9.82. The highest BCUT2D eigenvalue weighted by atomic mass is 28.4.